The molecule has 4 heterocycles. The highest BCUT2D eigenvalue weighted by atomic mass is 32.2. The van der Waals surface area contributed by atoms with Crippen molar-refractivity contribution in [3.05, 3.63) is 172 Å². The Balaban J connectivity index is 1.22. The van der Waals surface area contributed by atoms with Crippen LogP contribution in [0.2, 0.25) is 0 Å². The summed E-state index contributed by atoms with van der Waals surface area (Å²) in [7, 11) is 0. The minimum Gasteiger partial charge on any atom is -0.354 e. The van der Waals surface area contributed by atoms with Crippen molar-refractivity contribution < 1.29 is 0 Å². The van der Waals surface area contributed by atoms with Gasteiger partial charge < -0.3 is 9.55 Å². The number of thiol groups is 1. The third-order valence-corrected chi connectivity index (χ3v) is 11.1. The van der Waals surface area contributed by atoms with Gasteiger partial charge in [-0.05, 0) is 59.5 Å². The summed E-state index contributed by atoms with van der Waals surface area (Å²) in [5.74, 6) is 1.89. The molecule has 9 aromatic rings. The molecule has 1 aliphatic heterocycles. The first kappa shape index (κ1) is 30.7. The van der Waals surface area contributed by atoms with Gasteiger partial charge in [-0.25, -0.2) is 15.0 Å². The summed E-state index contributed by atoms with van der Waals surface area (Å²) in [6, 6.07) is 50.4. The molecule has 0 saturated heterocycles. The first-order chi connectivity index (χ1) is 25.7. The van der Waals surface area contributed by atoms with Gasteiger partial charge in [0.1, 0.15) is 0 Å². The quantitative estimate of drug-likeness (QED) is 0.179. The van der Waals surface area contributed by atoms with E-state index in [-0.39, 0.29) is 0 Å². The largest absolute Gasteiger partial charge is 0.354 e. The van der Waals surface area contributed by atoms with Crippen molar-refractivity contribution in [1.82, 2.24) is 24.5 Å². The molecule has 7 heteroatoms. The number of rotatable bonds is 4. The van der Waals surface area contributed by atoms with Gasteiger partial charge in [0.15, 0.2) is 17.5 Å². The van der Waals surface area contributed by atoms with E-state index in [1.165, 1.54) is 21.1 Å². The Bertz CT molecular complexity index is 2940. The number of nitrogens with zero attached hydrogens (tertiary/aromatic N) is 4. The minimum atomic E-state index is 0.619. The van der Waals surface area contributed by atoms with Crippen LogP contribution in [0.4, 0.5) is 0 Å². The molecule has 1 aliphatic rings. The zero-order valence-corrected chi connectivity index (χ0v) is 29.4. The molecular weight excluding hydrogens is 675 g/mol. The topological polar surface area (TPSA) is 59.4 Å². The molecule has 1 N–H and O–H groups in total. The van der Waals surface area contributed by atoms with E-state index in [4.69, 9.17) is 15.0 Å². The van der Waals surface area contributed by atoms with Crippen LogP contribution in [0.3, 0.4) is 0 Å². The summed E-state index contributed by atoms with van der Waals surface area (Å²) in [5, 5.41) is 7.74. The Morgan fingerprint density at radius 3 is 1.92 bits per heavy atom. The third kappa shape index (κ3) is 5.25. The van der Waals surface area contributed by atoms with Crippen molar-refractivity contribution in [1.29, 1.82) is 0 Å². The zero-order valence-electron chi connectivity index (χ0n) is 27.7. The van der Waals surface area contributed by atoms with Crippen LogP contribution in [0.5, 0.6) is 0 Å². The number of aromatic nitrogens is 5. The molecule has 5 nitrogen and oxygen atoms in total. The molecule has 6 aromatic carbocycles. The van der Waals surface area contributed by atoms with Crippen molar-refractivity contribution in [2.75, 3.05) is 0 Å². The van der Waals surface area contributed by atoms with Crippen LogP contribution >= 0.6 is 24.4 Å². The van der Waals surface area contributed by atoms with Gasteiger partial charge >= 0.3 is 0 Å². The summed E-state index contributed by atoms with van der Waals surface area (Å²) in [6.07, 6.45) is 4.59. The lowest BCUT2D eigenvalue weighted by Gasteiger charge is -2.13. The standard InChI is InChI=1S/C45H29N5S2/c51-27-33-25-37-35-19-8-10-21-40(35)50(41(37)24-31-23-36-34-18-7-9-20-38(34)46-39(36)26-42(31)52-33)32-17-11-16-30(22-32)45-48-43(28-12-3-1-4-13-28)47-44(49-45)29-14-5-2-6-15-29/h1-27,46,51H/b33-27-,37-25-,41-24+. The summed E-state index contributed by atoms with van der Waals surface area (Å²) >= 11 is 6.42. The maximum atomic E-state index is 5.03. The zero-order chi connectivity index (χ0) is 34.6. The molecule has 0 bridgehead atoms. The fraction of sp³-hybridized carbons (Fsp3) is 0. The Morgan fingerprint density at radius 2 is 1.19 bits per heavy atom. The number of hydrogen-bond acceptors (Lipinski definition) is 5. The van der Waals surface area contributed by atoms with E-state index in [1.807, 2.05) is 66.1 Å². The van der Waals surface area contributed by atoms with Gasteiger partial charge in [-0.2, -0.15) is 12.6 Å². The van der Waals surface area contributed by atoms with Gasteiger partial charge in [0, 0.05) is 64.6 Å². The molecule has 0 amide bonds. The fourth-order valence-electron chi connectivity index (χ4n) is 7.18. The predicted molar refractivity (Wildman–Crippen MR) is 219 cm³/mol. The first-order valence-corrected chi connectivity index (χ1v) is 18.4. The van der Waals surface area contributed by atoms with Gasteiger partial charge in [-0.3, -0.25) is 0 Å². The summed E-state index contributed by atoms with van der Waals surface area (Å²) < 4.78 is 2.36. The second-order valence-electron chi connectivity index (χ2n) is 12.8. The van der Waals surface area contributed by atoms with Crippen LogP contribution in [-0.2, 0) is 0 Å². The average molecular weight is 704 g/mol. The predicted octanol–water partition coefficient (Wildman–Crippen LogP) is 9.94. The van der Waals surface area contributed by atoms with Gasteiger partial charge in [0.2, 0.25) is 0 Å². The Hall–Kier alpha value is -6.15. The van der Waals surface area contributed by atoms with E-state index in [0.29, 0.717) is 17.5 Å². The highest BCUT2D eigenvalue weighted by Crippen LogP contribution is 2.37. The first-order valence-electron chi connectivity index (χ1n) is 17.1. The third-order valence-electron chi connectivity index (χ3n) is 9.58. The van der Waals surface area contributed by atoms with Crippen molar-refractivity contribution in [2.24, 2.45) is 0 Å². The number of fused-ring (bicyclic) bond motifs is 7. The van der Waals surface area contributed by atoms with E-state index < -0.39 is 0 Å². The van der Waals surface area contributed by atoms with E-state index in [9.17, 15) is 0 Å². The molecule has 0 spiro atoms. The van der Waals surface area contributed by atoms with Crippen LogP contribution in [0.1, 0.15) is 5.56 Å². The van der Waals surface area contributed by atoms with Crippen molar-refractivity contribution in [3.8, 4) is 39.9 Å². The molecule has 10 rings (SSSR count). The molecule has 0 aliphatic carbocycles. The van der Waals surface area contributed by atoms with E-state index in [1.54, 1.807) is 11.8 Å². The molecular formula is C45H29N5S2. The molecule has 0 radical (unpaired) electrons. The van der Waals surface area contributed by atoms with Crippen LogP contribution in [0.25, 0.3) is 84.7 Å². The Morgan fingerprint density at radius 1 is 0.558 bits per heavy atom. The maximum absolute atomic E-state index is 5.03. The minimum absolute atomic E-state index is 0.619. The number of allylic oxidation sites excluding steroid dienone is 1. The lowest BCUT2D eigenvalue weighted by Crippen LogP contribution is -2.29. The Labute approximate surface area is 309 Å². The Kier molecular flexibility index (Phi) is 7.41. The van der Waals surface area contributed by atoms with E-state index in [2.05, 4.69) is 119 Å². The molecule has 0 saturated carbocycles. The van der Waals surface area contributed by atoms with Gasteiger partial charge in [0.05, 0.1) is 10.9 Å². The summed E-state index contributed by atoms with van der Waals surface area (Å²) in [5.41, 5.74) is 8.32. The molecule has 0 atom stereocenters. The summed E-state index contributed by atoms with van der Waals surface area (Å²) in [4.78, 5) is 20.8. The number of H-pyrrole nitrogens is 1. The number of thioether (sulfide) groups is 1. The molecule has 0 unspecified atom stereocenters. The van der Waals surface area contributed by atoms with E-state index >= 15 is 0 Å². The van der Waals surface area contributed by atoms with Gasteiger partial charge in [-0.15, -0.1) is 0 Å². The lowest BCUT2D eigenvalue weighted by atomic mass is 10.1. The van der Waals surface area contributed by atoms with Crippen molar-refractivity contribution in [3.63, 3.8) is 0 Å². The SMILES string of the molecule is S/C=C1/C=c2\c(n(-c3cccc(-c4nc(-c5ccccc5)nc(-c5ccccc5)n4)c3)c3ccccc23)=C/c2cc3c(cc2S1)[nH]c1ccccc13. The van der Waals surface area contributed by atoms with Gasteiger partial charge in [0.25, 0.3) is 0 Å². The number of nitrogens with one attached hydrogen (secondary N) is 1. The van der Waals surface area contributed by atoms with Crippen LogP contribution in [0, 0.1) is 0 Å². The average Bonchev–Trinajstić information content (AvgIpc) is 3.71. The van der Waals surface area contributed by atoms with Crippen molar-refractivity contribution >= 4 is 69.3 Å². The second kappa shape index (κ2) is 12.6. The van der Waals surface area contributed by atoms with Crippen LogP contribution in [0.15, 0.2) is 161 Å². The number of aromatic amines is 1. The number of para-hydroxylation sites is 2. The molecule has 0 fully saturated rings. The smallest absolute Gasteiger partial charge is 0.164 e. The number of hydrogen-bond donors (Lipinski definition) is 2. The molecule has 52 heavy (non-hydrogen) atoms. The maximum Gasteiger partial charge on any atom is 0.164 e. The van der Waals surface area contributed by atoms with Crippen molar-refractivity contribution in [2.45, 2.75) is 4.90 Å². The normalized spacial score (nSPS) is 14.7. The highest BCUT2D eigenvalue weighted by Gasteiger charge is 2.18. The summed E-state index contributed by atoms with van der Waals surface area (Å²) in [6.45, 7) is 0. The monoisotopic (exact) mass is 703 g/mol. The fourth-order valence-corrected chi connectivity index (χ4v) is 8.31. The number of benzene rings is 6. The van der Waals surface area contributed by atoms with Gasteiger partial charge in [-0.1, -0.05) is 121 Å². The molecule has 246 valence electrons. The van der Waals surface area contributed by atoms with Crippen LogP contribution < -0.4 is 10.6 Å². The second-order valence-corrected chi connectivity index (χ2v) is 14.1. The van der Waals surface area contributed by atoms with E-state index in [0.717, 1.165) is 60.0 Å². The lowest BCUT2D eigenvalue weighted by molar-refractivity contribution is 1.05. The molecule has 3 aromatic heterocycles. The van der Waals surface area contributed by atoms with Crippen LogP contribution in [-0.4, -0.2) is 24.5 Å². The highest BCUT2D eigenvalue weighted by molar-refractivity contribution is 8.04.